The molecule has 0 aliphatic rings. The Labute approximate surface area is 51.2 Å². The van der Waals surface area contributed by atoms with Crippen molar-refractivity contribution in [3.8, 4) is 0 Å². The monoisotopic (exact) mass is 133 g/mol. The lowest BCUT2D eigenvalue weighted by Crippen LogP contribution is -2.40. The van der Waals surface area contributed by atoms with Crippen LogP contribution in [0.15, 0.2) is 5.29 Å². The molecule has 0 saturated heterocycles. The van der Waals surface area contributed by atoms with E-state index >= 15 is 0 Å². The molecular formula is C3H7N3O3. The molecule has 0 aliphatic heterocycles. The van der Waals surface area contributed by atoms with Gasteiger partial charge in [-0.25, -0.2) is 11.0 Å². The number of carbonyl (C=O) groups excluding carboxylic acids is 1. The molecule has 0 unspecified atom stereocenters. The summed E-state index contributed by atoms with van der Waals surface area (Å²) in [5.74, 6) is 0. The van der Waals surface area contributed by atoms with Crippen LogP contribution in [-0.4, -0.2) is 24.0 Å². The predicted octanol–water partition coefficient (Wildman–Crippen LogP) is -1.68. The number of rotatable bonds is 5. The zero-order chi connectivity index (χ0) is 7.11. The molecule has 0 amide bonds. The number of aliphatic hydroxyl groups excluding tert-OH is 1. The van der Waals surface area contributed by atoms with Crippen LogP contribution in [0.2, 0.25) is 0 Å². The first-order valence-corrected chi connectivity index (χ1v) is 2.24. The van der Waals surface area contributed by atoms with E-state index in [0.717, 1.165) is 0 Å². The highest BCUT2D eigenvalue weighted by Crippen LogP contribution is 1.69. The third kappa shape index (κ3) is 3.56. The Morgan fingerprint density at radius 3 is 2.78 bits per heavy atom. The third-order valence-electron chi connectivity index (χ3n) is 0.657. The molecule has 6 nitrogen and oxygen atoms in total. The minimum atomic E-state index is -0.775. The van der Waals surface area contributed by atoms with E-state index in [9.17, 15) is 9.70 Å². The zero-order valence-electron chi connectivity index (χ0n) is 4.57. The van der Waals surface area contributed by atoms with E-state index in [1.807, 2.05) is 0 Å². The Bertz CT molecular complexity index is 96.3. The molecule has 52 valence electrons. The fraction of sp³-hybridized carbons (Fsp3) is 0.667. The van der Waals surface area contributed by atoms with Crippen LogP contribution in [0, 0.1) is 4.91 Å². The second-order valence-electron chi connectivity index (χ2n) is 1.27. The molecule has 6 heteroatoms. The van der Waals surface area contributed by atoms with Gasteiger partial charge in [0.15, 0.2) is 0 Å². The number of nitrogens with one attached hydrogen (secondary N) is 2. The summed E-state index contributed by atoms with van der Waals surface area (Å²) in [7, 11) is 0. The van der Waals surface area contributed by atoms with Crippen LogP contribution in [0.25, 0.3) is 0 Å². The van der Waals surface area contributed by atoms with Crippen LogP contribution >= 0.6 is 0 Å². The van der Waals surface area contributed by atoms with Gasteiger partial charge in [-0.1, -0.05) is 0 Å². The lowest BCUT2D eigenvalue weighted by atomic mass is 10.4. The Balaban J connectivity index is 3.30. The Kier molecular flexibility index (Phi) is 4.56. The lowest BCUT2D eigenvalue weighted by Gasteiger charge is -2.04. The molecule has 0 aromatic carbocycles. The van der Waals surface area contributed by atoms with Gasteiger partial charge in [0.05, 0.1) is 11.9 Å². The summed E-state index contributed by atoms with van der Waals surface area (Å²) >= 11 is 0. The maximum Gasteiger partial charge on any atom is 0.141 e. The summed E-state index contributed by atoms with van der Waals surface area (Å²) in [4.78, 5) is 19.2. The summed E-state index contributed by atoms with van der Waals surface area (Å²) in [6, 6.07) is -0.775. The molecular weight excluding hydrogens is 126 g/mol. The fourth-order valence-electron chi connectivity index (χ4n) is 0.232. The average Bonchev–Trinajstić information content (AvgIpc) is 1.91. The largest absolute Gasteiger partial charge is 0.394 e. The van der Waals surface area contributed by atoms with Crippen LogP contribution in [0.1, 0.15) is 0 Å². The van der Waals surface area contributed by atoms with Gasteiger partial charge in [-0.2, -0.15) is 0 Å². The van der Waals surface area contributed by atoms with Crippen LogP contribution in [0.4, 0.5) is 0 Å². The van der Waals surface area contributed by atoms with Crippen molar-refractivity contribution in [2.75, 3.05) is 6.61 Å². The summed E-state index contributed by atoms with van der Waals surface area (Å²) in [6.45, 7) is -0.369. The highest BCUT2D eigenvalue weighted by atomic mass is 16.3. The van der Waals surface area contributed by atoms with Crippen molar-refractivity contribution < 1.29 is 9.90 Å². The maximum absolute atomic E-state index is 9.84. The smallest absolute Gasteiger partial charge is 0.141 e. The summed E-state index contributed by atoms with van der Waals surface area (Å²) in [6.07, 6.45) is 0.457. The number of carbonyl (C=O) groups is 1. The van der Waals surface area contributed by atoms with E-state index in [4.69, 9.17) is 5.11 Å². The molecule has 1 atom stereocenters. The molecule has 0 bridgehead atoms. The van der Waals surface area contributed by atoms with Crippen LogP contribution in [0.5, 0.6) is 0 Å². The van der Waals surface area contributed by atoms with E-state index in [2.05, 4.69) is 10.7 Å². The maximum atomic E-state index is 9.84. The van der Waals surface area contributed by atoms with Gasteiger partial charge in [0.25, 0.3) is 0 Å². The first-order valence-electron chi connectivity index (χ1n) is 2.24. The molecule has 9 heavy (non-hydrogen) atoms. The van der Waals surface area contributed by atoms with Crippen molar-refractivity contribution in [2.45, 2.75) is 6.04 Å². The number of nitroso groups, excluding NO2 is 1. The number of aliphatic hydroxyl groups is 1. The van der Waals surface area contributed by atoms with E-state index in [1.54, 1.807) is 5.53 Å². The number of hydrazine groups is 1. The molecule has 0 rings (SSSR count). The van der Waals surface area contributed by atoms with Gasteiger partial charge >= 0.3 is 0 Å². The summed E-state index contributed by atoms with van der Waals surface area (Å²) < 4.78 is 0. The number of aldehydes is 1. The second kappa shape index (κ2) is 5.13. The van der Waals surface area contributed by atoms with Crippen LogP contribution in [0.3, 0.4) is 0 Å². The normalized spacial score (nSPS) is 12.1. The number of hydrogen-bond donors (Lipinski definition) is 3. The standard InChI is InChI=1S/C3H7N3O3/c7-1-3(2-8)4-5-6-9/h1,3,8H,2H2,(H,4,6)(H,5,9)/t3-/m1/s1. The topological polar surface area (TPSA) is 90.8 Å². The number of hydrogen-bond acceptors (Lipinski definition) is 5. The van der Waals surface area contributed by atoms with E-state index < -0.39 is 6.04 Å². The van der Waals surface area contributed by atoms with Crippen LogP contribution in [-0.2, 0) is 4.79 Å². The predicted molar refractivity (Wildman–Crippen MR) is 29.0 cm³/mol. The molecule has 0 aromatic heterocycles. The van der Waals surface area contributed by atoms with Gasteiger partial charge in [0.2, 0.25) is 0 Å². The molecule has 0 heterocycles. The van der Waals surface area contributed by atoms with Crippen molar-refractivity contribution in [1.82, 2.24) is 11.0 Å². The number of nitrogens with zero attached hydrogens (tertiary/aromatic N) is 1. The zero-order valence-corrected chi connectivity index (χ0v) is 4.57. The molecule has 0 radical (unpaired) electrons. The Hall–Kier alpha value is -1.01. The first kappa shape index (κ1) is 7.99. The lowest BCUT2D eigenvalue weighted by molar-refractivity contribution is -0.110. The van der Waals surface area contributed by atoms with Gasteiger partial charge in [-0.15, -0.1) is 4.91 Å². The average molecular weight is 133 g/mol. The molecule has 0 spiro atoms. The molecule has 0 aromatic rings. The van der Waals surface area contributed by atoms with E-state index in [0.29, 0.717) is 6.29 Å². The van der Waals surface area contributed by atoms with Crippen molar-refractivity contribution in [1.29, 1.82) is 0 Å². The molecule has 0 fully saturated rings. The van der Waals surface area contributed by atoms with Gasteiger partial charge in [0.1, 0.15) is 12.3 Å². The van der Waals surface area contributed by atoms with Crippen molar-refractivity contribution in [2.24, 2.45) is 5.29 Å². The van der Waals surface area contributed by atoms with Crippen molar-refractivity contribution >= 4 is 6.29 Å². The molecule has 3 N–H and O–H groups in total. The third-order valence-corrected chi connectivity index (χ3v) is 0.657. The van der Waals surface area contributed by atoms with Gasteiger partial charge in [-0.3, -0.25) is 0 Å². The summed E-state index contributed by atoms with van der Waals surface area (Å²) in [5.41, 5.74) is 3.90. The first-order chi connectivity index (χ1) is 4.35. The van der Waals surface area contributed by atoms with Gasteiger partial charge in [-0.05, 0) is 0 Å². The molecule has 0 aliphatic carbocycles. The minimum Gasteiger partial charge on any atom is -0.394 e. The molecule has 0 saturated carbocycles. The Morgan fingerprint density at radius 1 is 1.78 bits per heavy atom. The summed E-state index contributed by atoms with van der Waals surface area (Å²) in [5, 5.41) is 10.5. The van der Waals surface area contributed by atoms with Crippen LogP contribution < -0.4 is 11.0 Å². The van der Waals surface area contributed by atoms with Gasteiger partial charge < -0.3 is 9.90 Å². The quantitative estimate of drug-likeness (QED) is 0.237. The Morgan fingerprint density at radius 2 is 2.44 bits per heavy atom. The fourth-order valence-corrected chi connectivity index (χ4v) is 0.232. The second-order valence-corrected chi connectivity index (χ2v) is 1.27. The van der Waals surface area contributed by atoms with E-state index in [-0.39, 0.29) is 6.61 Å². The SMILES string of the molecule is O=C[C@H](CO)NNN=O. The highest BCUT2D eigenvalue weighted by molar-refractivity contribution is 5.57. The minimum absolute atomic E-state index is 0.369. The van der Waals surface area contributed by atoms with Crippen molar-refractivity contribution in [3.05, 3.63) is 4.91 Å². The highest BCUT2D eigenvalue weighted by Gasteiger charge is 2.01. The van der Waals surface area contributed by atoms with Crippen molar-refractivity contribution in [3.63, 3.8) is 0 Å². The van der Waals surface area contributed by atoms with E-state index in [1.165, 1.54) is 0 Å². The van der Waals surface area contributed by atoms with Gasteiger partial charge in [0, 0.05) is 0 Å².